The molecule has 0 fully saturated rings. The number of nitriles is 1. The van der Waals surface area contributed by atoms with Crippen LogP contribution in [0.4, 0.5) is 11.8 Å². The van der Waals surface area contributed by atoms with E-state index >= 15 is 0 Å². The van der Waals surface area contributed by atoms with Gasteiger partial charge in [-0.15, -0.1) is 0 Å². The summed E-state index contributed by atoms with van der Waals surface area (Å²) in [6.45, 7) is 4.95. The lowest BCUT2D eigenvalue weighted by Crippen LogP contribution is -2.06. The van der Waals surface area contributed by atoms with Crippen LogP contribution in [-0.4, -0.2) is 23.2 Å². The molecule has 1 aromatic heterocycles. The fourth-order valence-corrected chi connectivity index (χ4v) is 2.62. The maximum Gasteiger partial charge on any atom is 0.222 e. The van der Waals surface area contributed by atoms with E-state index in [9.17, 15) is 5.26 Å². The number of anilines is 2. The maximum atomic E-state index is 9.36. The van der Waals surface area contributed by atoms with Crippen molar-refractivity contribution in [3.8, 4) is 28.8 Å². The highest BCUT2D eigenvalue weighted by Crippen LogP contribution is 2.40. The number of rotatable bonds is 6. The predicted octanol–water partition coefficient (Wildman–Crippen LogP) is 3.13. The van der Waals surface area contributed by atoms with Crippen LogP contribution in [-0.2, 0) is 0 Å². The van der Waals surface area contributed by atoms with Crippen LogP contribution in [0, 0.1) is 11.3 Å². The van der Waals surface area contributed by atoms with Crippen molar-refractivity contribution in [1.82, 2.24) is 9.97 Å². The standard InChI is InChI=1S/C16H18BrN5O2/c1-3-5-24-13-7-11(17)9(6-12(13)23-4-2)14-10(8-18)15(19)22-16(20)21-14/h6-7H,3-5H2,1-2H3,(H4,19,20,21,22). The van der Waals surface area contributed by atoms with E-state index in [0.717, 1.165) is 6.42 Å². The van der Waals surface area contributed by atoms with Gasteiger partial charge >= 0.3 is 0 Å². The molecule has 2 rings (SSSR count). The molecule has 7 nitrogen and oxygen atoms in total. The van der Waals surface area contributed by atoms with E-state index < -0.39 is 0 Å². The van der Waals surface area contributed by atoms with Gasteiger partial charge in [-0.2, -0.15) is 10.2 Å². The zero-order valence-electron chi connectivity index (χ0n) is 13.5. The summed E-state index contributed by atoms with van der Waals surface area (Å²) >= 11 is 3.49. The van der Waals surface area contributed by atoms with Crippen molar-refractivity contribution in [2.45, 2.75) is 20.3 Å². The smallest absolute Gasteiger partial charge is 0.222 e. The quantitative estimate of drug-likeness (QED) is 0.775. The van der Waals surface area contributed by atoms with E-state index in [-0.39, 0.29) is 17.3 Å². The molecule has 0 radical (unpaired) electrons. The molecule has 0 amide bonds. The Balaban J connectivity index is 2.63. The summed E-state index contributed by atoms with van der Waals surface area (Å²) in [6, 6.07) is 5.55. The molecule has 4 N–H and O–H groups in total. The predicted molar refractivity (Wildman–Crippen MR) is 95.7 cm³/mol. The first kappa shape index (κ1) is 17.8. The van der Waals surface area contributed by atoms with Gasteiger partial charge in [-0.3, -0.25) is 0 Å². The van der Waals surface area contributed by atoms with Crippen LogP contribution in [0.25, 0.3) is 11.3 Å². The molecule has 0 bridgehead atoms. The van der Waals surface area contributed by atoms with E-state index in [1.165, 1.54) is 0 Å². The second-order valence-electron chi connectivity index (χ2n) is 4.86. The van der Waals surface area contributed by atoms with Crippen LogP contribution in [0.5, 0.6) is 11.5 Å². The molecular weight excluding hydrogens is 374 g/mol. The second kappa shape index (κ2) is 7.84. The Kier molecular flexibility index (Phi) is 5.82. The molecule has 0 aliphatic carbocycles. The molecule has 0 saturated carbocycles. The molecule has 0 aliphatic heterocycles. The normalized spacial score (nSPS) is 10.2. The Morgan fingerprint density at radius 3 is 2.50 bits per heavy atom. The molecule has 0 spiro atoms. The Morgan fingerprint density at radius 2 is 1.88 bits per heavy atom. The van der Waals surface area contributed by atoms with Crippen molar-refractivity contribution < 1.29 is 9.47 Å². The minimum Gasteiger partial charge on any atom is -0.490 e. The molecule has 0 unspecified atom stereocenters. The van der Waals surface area contributed by atoms with Crippen molar-refractivity contribution in [1.29, 1.82) is 5.26 Å². The molecule has 1 aromatic carbocycles. The van der Waals surface area contributed by atoms with E-state index in [2.05, 4.69) is 25.9 Å². The summed E-state index contributed by atoms with van der Waals surface area (Å²) < 4.78 is 12.0. The van der Waals surface area contributed by atoms with Gasteiger partial charge in [0.25, 0.3) is 0 Å². The number of ether oxygens (including phenoxy) is 2. The zero-order valence-corrected chi connectivity index (χ0v) is 15.1. The first-order chi connectivity index (χ1) is 11.5. The third-order valence-electron chi connectivity index (χ3n) is 3.12. The number of hydrogen-bond acceptors (Lipinski definition) is 7. The summed E-state index contributed by atoms with van der Waals surface area (Å²) in [7, 11) is 0. The summed E-state index contributed by atoms with van der Waals surface area (Å²) in [5.41, 5.74) is 12.6. The van der Waals surface area contributed by atoms with Crippen LogP contribution in [0.3, 0.4) is 0 Å². The molecular formula is C16H18BrN5O2. The molecule has 2 aromatic rings. The average molecular weight is 392 g/mol. The lowest BCUT2D eigenvalue weighted by Gasteiger charge is -2.15. The third-order valence-corrected chi connectivity index (χ3v) is 3.77. The van der Waals surface area contributed by atoms with Crippen LogP contribution in [0.2, 0.25) is 0 Å². The number of benzene rings is 1. The summed E-state index contributed by atoms with van der Waals surface area (Å²) in [6.07, 6.45) is 0.877. The molecule has 0 aliphatic rings. The number of hydrogen-bond donors (Lipinski definition) is 2. The van der Waals surface area contributed by atoms with Crippen molar-refractivity contribution in [2.75, 3.05) is 24.7 Å². The lowest BCUT2D eigenvalue weighted by atomic mass is 10.1. The molecule has 0 atom stereocenters. The molecule has 8 heteroatoms. The van der Waals surface area contributed by atoms with Gasteiger partial charge in [0, 0.05) is 10.0 Å². The number of nitrogens with zero attached hydrogens (tertiary/aromatic N) is 3. The highest BCUT2D eigenvalue weighted by molar-refractivity contribution is 9.10. The first-order valence-corrected chi connectivity index (χ1v) is 8.23. The highest BCUT2D eigenvalue weighted by atomic mass is 79.9. The Morgan fingerprint density at radius 1 is 1.17 bits per heavy atom. The van der Waals surface area contributed by atoms with Crippen LogP contribution < -0.4 is 20.9 Å². The largest absolute Gasteiger partial charge is 0.490 e. The van der Waals surface area contributed by atoms with Gasteiger partial charge in [0.05, 0.1) is 18.9 Å². The minimum atomic E-state index is -0.00216. The number of nitrogen functional groups attached to an aromatic ring is 2. The van der Waals surface area contributed by atoms with E-state index in [0.29, 0.717) is 40.4 Å². The number of halogens is 1. The van der Waals surface area contributed by atoms with Crippen molar-refractivity contribution in [3.63, 3.8) is 0 Å². The zero-order chi connectivity index (χ0) is 17.7. The van der Waals surface area contributed by atoms with Crippen LogP contribution in [0.15, 0.2) is 16.6 Å². The Hall–Kier alpha value is -2.53. The summed E-state index contributed by atoms with van der Waals surface area (Å²) in [5, 5.41) is 9.36. The van der Waals surface area contributed by atoms with E-state index in [1.54, 1.807) is 12.1 Å². The van der Waals surface area contributed by atoms with Gasteiger partial charge in [-0.1, -0.05) is 6.92 Å². The average Bonchev–Trinajstić information content (AvgIpc) is 2.54. The molecule has 0 saturated heterocycles. The fraction of sp³-hybridized carbons (Fsp3) is 0.312. The highest BCUT2D eigenvalue weighted by Gasteiger charge is 2.19. The monoisotopic (exact) mass is 391 g/mol. The molecule has 1 heterocycles. The van der Waals surface area contributed by atoms with Gasteiger partial charge in [0.15, 0.2) is 11.5 Å². The molecule has 24 heavy (non-hydrogen) atoms. The minimum absolute atomic E-state index is 0.00216. The van der Waals surface area contributed by atoms with Crippen LogP contribution >= 0.6 is 15.9 Å². The SMILES string of the molecule is CCCOc1cc(Br)c(-c2nc(N)nc(N)c2C#N)cc1OCC. The van der Waals surface area contributed by atoms with Crippen LogP contribution in [0.1, 0.15) is 25.8 Å². The van der Waals surface area contributed by atoms with E-state index in [4.69, 9.17) is 20.9 Å². The van der Waals surface area contributed by atoms with Gasteiger partial charge in [0.2, 0.25) is 5.95 Å². The number of aromatic nitrogens is 2. The van der Waals surface area contributed by atoms with Crippen molar-refractivity contribution in [3.05, 3.63) is 22.2 Å². The van der Waals surface area contributed by atoms with Gasteiger partial charge < -0.3 is 20.9 Å². The lowest BCUT2D eigenvalue weighted by molar-refractivity contribution is 0.277. The van der Waals surface area contributed by atoms with Gasteiger partial charge in [-0.05, 0) is 41.4 Å². The summed E-state index contributed by atoms with van der Waals surface area (Å²) in [4.78, 5) is 7.99. The van der Waals surface area contributed by atoms with Crippen molar-refractivity contribution >= 4 is 27.7 Å². The number of nitrogens with two attached hydrogens (primary N) is 2. The summed E-state index contributed by atoms with van der Waals surface area (Å²) in [5.74, 6) is 1.21. The third kappa shape index (κ3) is 3.68. The Labute approximate surface area is 148 Å². The fourth-order valence-electron chi connectivity index (χ4n) is 2.11. The topological polar surface area (TPSA) is 120 Å². The van der Waals surface area contributed by atoms with Gasteiger partial charge in [-0.25, -0.2) is 4.98 Å². The maximum absolute atomic E-state index is 9.36. The van der Waals surface area contributed by atoms with Gasteiger partial charge in [0.1, 0.15) is 17.5 Å². The molecule has 126 valence electrons. The first-order valence-electron chi connectivity index (χ1n) is 7.44. The van der Waals surface area contributed by atoms with Crippen molar-refractivity contribution in [2.24, 2.45) is 0 Å². The second-order valence-corrected chi connectivity index (χ2v) is 5.72. The Bertz CT molecular complexity index is 789. The van der Waals surface area contributed by atoms with E-state index in [1.807, 2.05) is 19.9 Å².